The fourth-order valence-corrected chi connectivity index (χ4v) is 4.94. The number of pyridine rings is 1. The first-order valence-corrected chi connectivity index (χ1v) is 11.2. The van der Waals surface area contributed by atoms with Crippen LogP contribution in [0.4, 0.5) is 0 Å². The molecular weight excluding hydrogens is 392 g/mol. The molecule has 152 valence electrons. The quantitative estimate of drug-likeness (QED) is 0.428. The number of benzene rings is 1. The van der Waals surface area contributed by atoms with Gasteiger partial charge in [0, 0.05) is 66.3 Å². The number of aryl methyl sites for hydroxylation is 2. The van der Waals surface area contributed by atoms with Gasteiger partial charge in [-0.05, 0) is 62.5 Å². The van der Waals surface area contributed by atoms with E-state index >= 15 is 0 Å². The minimum absolute atomic E-state index is 0.513. The molecule has 1 saturated heterocycles. The predicted octanol–water partition coefficient (Wildman–Crippen LogP) is 5.62. The van der Waals surface area contributed by atoms with E-state index in [1.54, 1.807) is 0 Å². The van der Waals surface area contributed by atoms with Crippen molar-refractivity contribution < 1.29 is 0 Å². The molecule has 0 atom stereocenters. The van der Waals surface area contributed by atoms with E-state index in [9.17, 15) is 0 Å². The maximum absolute atomic E-state index is 6.48. The molecule has 1 aliphatic heterocycles. The normalized spacial score (nSPS) is 15.1. The van der Waals surface area contributed by atoms with E-state index in [2.05, 4.69) is 39.1 Å². The number of imidazole rings is 1. The van der Waals surface area contributed by atoms with Gasteiger partial charge in [-0.3, -0.25) is 0 Å². The molecule has 2 aromatic heterocycles. The molecular formula is C25H26ClN4+. The summed E-state index contributed by atoms with van der Waals surface area (Å²) >= 11 is 6.48. The van der Waals surface area contributed by atoms with Crippen molar-refractivity contribution >= 4 is 33.3 Å². The maximum atomic E-state index is 6.48. The van der Waals surface area contributed by atoms with Gasteiger partial charge in [0.25, 0.3) is 0 Å². The SMILES string of the molecule is Clc1ccc2c(C3CCNCC3)c3ncccc3cc(CCCn3ccnc3)[c+]2c1. The molecule has 4 nitrogen and oxygen atoms in total. The first-order chi connectivity index (χ1) is 14.8. The molecule has 0 bridgehead atoms. The highest BCUT2D eigenvalue weighted by atomic mass is 35.5. The van der Waals surface area contributed by atoms with Gasteiger partial charge >= 0.3 is 0 Å². The maximum Gasteiger partial charge on any atom is 0.115 e. The van der Waals surface area contributed by atoms with Crippen LogP contribution in [-0.4, -0.2) is 27.6 Å². The number of piperidine rings is 1. The number of aromatic nitrogens is 3. The van der Waals surface area contributed by atoms with Crippen LogP contribution in [0.25, 0.3) is 21.7 Å². The third-order valence-electron chi connectivity index (χ3n) is 6.21. The van der Waals surface area contributed by atoms with Gasteiger partial charge in [-0.1, -0.05) is 0 Å². The van der Waals surface area contributed by atoms with E-state index in [4.69, 9.17) is 16.6 Å². The molecule has 1 fully saturated rings. The summed E-state index contributed by atoms with van der Waals surface area (Å²) in [7, 11) is 0. The lowest BCUT2D eigenvalue weighted by Crippen LogP contribution is -2.26. The Labute approximate surface area is 181 Å². The average molecular weight is 418 g/mol. The van der Waals surface area contributed by atoms with Crippen LogP contribution in [0.1, 0.15) is 36.3 Å². The van der Waals surface area contributed by atoms with E-state index in [1.165, 1.54) is 27.3 Å². The van der Waals surface area contributed by atoms with Crippen molar-refractivity contribution in [1.29, 1.82) is 0 Å². The van der Waals surface area contributed by atoms with Crippen LogP contribution in [0.2, 0.25) is 5.02 Å². The van der Waals surface area contributed by atoms with Gasteiger partial charge in [0.15, 0.2) is 0 Å². The molecule has 1 aliphatic rings. The summed E-state index contributed by atoms with van der Waals surface area (Å²) in [5.41, 5.74) is 3.86. The average Bonchev–Trinajstić information content (AvgIpc) is 3.25. The number of nitrogens with zero attached hydrogens (tertiary/aromatic N) is 3. The standard InChI is InChI=1S/C25H26ClN4/c26-21-5-6-22-23(16-21)19(4-2-13-30-14-12-28-17-30)15-20-3-1-9-29-25(20)24(22)18-7-10-27-11-8-18/h1,3,5-6,9,12,14-18,27H,2,4,7-8,10-11,13H2/q+1. The Kier molecular flexibility index (Phi) is 5.60. The lowest BCUT2D eigenvalue weighted by molar-refractivity contribution is 0.464. The monoisotopic (exact) mass is 417 g/mol. The molecule has 0 aliphatic carbocycles. The van der Waals surface area contributed by atoms with Gasteiger partial charge < -0.3 is 9.88 Å². The van der Waals surface area contributed by atoms with E-state index in [1.807, 2.05) is 37.1 Å². The van der Waals surface area contributed by atoms with Gasteiger partial charge in [-0.2, -0.15) is 0 Å². The lowest BCUT2D eigenvalue weighted by Gasteiger charge is -2.22. The second-order valence-electron chi connectivity index (χ2n) is 8.14. The number of nitrogens with one attached hydrogen (secondary N) is 1. The molecule has 0 amide bonds. The fourth-order valence-electron chi connectivity index (χ4n) is 4.77. The summed E-state index contributed by atoms with van der Waals surface area (Å²) in [5, 5.41) is 8.08. The Hall–Kier alpha value is -2.56. The zero-order valence-electron chi connectivity index (χ0n) is 17.0. The van der Waals surface area contributed by atoms with Crippen molar-refractivity contribution in [3.63, 3.8) is 0 Å². The first kappa shape index (κ1) is 19.4. The summed E-state index contributed by atoms with van der Waals surface area (Å²) in [6, 6.07) is 13.0. The number of hydrogen-bond acceptors (Lipinski definition) is 3. The minimum Gasteiger partial charge on any atom is -0.337 e. The highest BCUT2D eigenvalue weighted by molar-refractivity contribution is 6.31. The van der Waals surface area contributed by atoms with Crippen molar-refractivity contribution in [1.82, 2.24) is 19.9 Å². The zero-order chi connectivity index (χ0) is 20.3. The molecule has 0 saturated carbocycles. The molecule has 0 unspecified atom stereocenters. The summed E-state index contributed by atoms with van der Waals surface area (Å²) < 4.78 is 2.14. The van der Waals surface area contributed by atoms with E-state index < -0.39 is 0 Å². The van der Waals surface area contributed by atoms with E-state index in [-0.39, 0.29) is 0 Å². The Morgan fingerprint density at radius 3 is 2.90 bits per heavy atom. The smallest absolute Gasteiger partial charge is 0.115 e. The third kappa shape index (κ3) is 3.90. The molecule has 1 N–H and O–H groups in total. The summed E-state index contributed by atoms with van der Waals surface area (Å²) in [5.74, 6) is 0.513. The number of fused-ring (bicyclic) bond motifs is 2. The lowest BCUT2D eigenvalue weighted by atomic mass is 9.87. The zero-order valence-corrected chi connectivity index (χ0v) is 17.8. The van der Waals surface area contributed by atoms with Gasteiger partial charge in [0.05, 0.1) is 22.7 Å². The highest BCUT2D eigenvalue weighted by Crippen LogP contribution is 2.37. The molecule has 2 aromatic carbocycles. The molecule has 0 radical (unpaired) electrons. The highest BCUT2D eigenvalue weighted by Gasteiger charge is 2.25. The molecule has 4 aromatic rings. The number of halogens is 1. The Balaban J connectivity index is 1.68. The minimum atomic E-state index is 0.513. The fraction of sp³-hybridized carbons (Fsp3) is 0.320. The predicted molar refractivity (Wildman–Crippen MR) is 124 cm³/mol. The largest absolute Gasteiger partial charge is 0.337 e. The van der Waals surface area contributed by atoms with Crippen molar-refractivity contribution in [3.05, 3.63) is 77.5 Å². The van der Waals surface area contributed by atoms with Crippen molar-refractivity contribution in [2.24, 2.45) is 0 Å². The Bertz CT molecular complexity index is 1170. The number of hydrogen-bond donors (Lipinski definition) is 1. The van der Waals surface area contributed by atoms with Gasteiger partial charge in [0.2, 0.25) is 0 Å². The molecule has 0 spiro atoms. The summed E-state index contributed by atoms with van der Waals surface area (Å²) in [6.45, 7) is 3.08. The van der Waals surface area contributed by atoms with Crippen molar-refractivity contribution in [2.45, 2.75) is 38.1 Å². The summed E-state index contributed by atoms with van der Waals surface area (Å²) in [6.07, 6.45) is 12.0. The van der Waals surface area contributed by atoms with Crippen LogP contribution < -0.4 is 5.32 Å². The number of rotatable bonds is 5. The van der Waals surface area contributed by atoms with Crippen LogP contribution in [0.3, 0.4) is 0 Å². The van der Waals surface area contributed by atoms with E-state index in [0.717, 1.165) is 55.9 Å². The Morgan fingerprint density at radius 1 is 1.17 bits per heavy atom. The Morgan fingerprint density at radius 2 is 2.07 bits per heavy atom. The second kappa shape index (κ2) is 8.66. The van der Waals surface area contributed by atoms with Crippen LogP contribution >= 0.6 is 11.6 Å². The van der Waals surface area contributed by atoms with Crippen LogP contribution in [-0.2, 0) is 13.0 Å². The summed E-state index contributed by atoms with van der Waals surface area (Å²) in [4.78, 5) is 9.02. The van der Waals surface area contributed by atoms with Gasteiger partial charge in [0.1, 0.15) is 10.5 Å². The second-order valence-corrected chi connectivity index (χ2v) is 8.58. The first-order valence-electron chi connectivity index (χ1n) is 10.8. The topological polar surface area (TPSA) is 42.7 Å². The van der Waals surface area contributed by atoms with Gasteiger partial charge in [-0.25, -0.2) is 9.97 Å². The molecule has 3 heterocycles. The van der Waals surface area contributed by atoms with Crippen molar-refractivity contribution in [2.75, 3.05) is 13.1 Å². The molecule has 5 heteroatoms. The van der Waals surface area contributed by atoms with E-state index in [0.29, 0.717) is 5.92 Å². The van der Waals surface area contributed by atoms with Crippen LogP contribution in [0.15, 0.2) is 61.3 Å². The molecule has 5 rings (SSSR count). The van der Waals surface area contributed by atoms with Gasteiger partial charge in [-0.15, -0.1) is 0 Å². The molecule has 30 heavy (non-hydrogen) atoms. The van der Waals surface area contributed by atoms with Crippen molar-refractivity contribution in [3.8, 4) is 0 Å². The van der Waals surface area contributed by atoms with Crippen LogP contribution in [0.5, 0.6) is 0 Å². The third-order valence-corrected chi connectivity index (χ3v) is 6.45. The van der Waals surface area contributed by atoms with Crippen LogP contribution in [0, 0.1) is 0 Å².